The molecule has 1 aromatic rings. The van der Waals surface area contributed by atoms with Crippen LogP contribution in [0, 0.1) is 5.41 Å². The zero-order valence-corrected chi connectivity index (χ0v) is 17.1. The van der Waals surface area contributed by atoms with E-state index >= 15 is 0 Å². The number of carbonyl (C=O) groups is 3. The van der Waals surface area contributed by atoms with E-state index in [0.717, 1.165) is 28.5 Å². The van der Waals surface area contributed by atoms with Gasteiger partial charge in [0, 0.05) is 49.0 Å². The Kier molecular flexibility index (Phi) is 5.46. The van der Waals surface area contributed by atoms with E-state index in [1.54, 1.807) is 28.4 Å². The number of hydrogen-bond donors (Lipinski definition) is 3. The van der Waals surface area contributed by atoms with Gasteiger partial charge in [0.05, 0.1) is 5.25 Å². The Morgan fingerprint density at radius 3 is 2.71 bits per heavy atom. The lowest BCUT2D eigenvalue weighted by Crippen LogP contribution is -2.69. The third kappa shape index (κ3) is 3.69. The summed E-state index contributed by atoms with van der Waals surface area (Å²) in [5.41, 5.74) is 6.86. The molecule has 4 rings (SSSR count). The van der Waals surface area contributed by atoms with Crippen molar-refractivity contribution in [3.05, 3.63) is 29.8 Å². The molecular formula is C19H24N4O3S2. The van der Waals surface area contributed by atoms with Gasteiger partial charge in [-0.05, 0) is 11.6 Å². The van der Waals surface area contributed by atoms with Gasteiger partial charge in [-0.15, -0.1) is 11.8 Å². The smallest absolute Gasteiger partial charge is 0.245 e. The van der Waals surface area contributed by atoms with E-state index in [-0.39, 0.29) is 42.7 Å². The van der Waals surface area contributed by atoms with Crippen LogP contribution in [-0.4, -0.2) is 70.8 Å². The monoisotopic (exact) mass is 420 g/mol. The van der Waals surface area contributed by atoms with Crippen molar-refractivity contribution in [1.29, 1.82) is 0 Å². The maximum absolute atomic E-state index is 12.8. The Morgan fingerprint density at radius 1 is 1.25 bits per heavy atom. The van der Waals surface area contributed by atoms with Gasteiger partial charge in [0.25, 0.3) is 0 Å². The number of primary amides is 1. The van der Waals surface area contributed by atoms with Gasteiger partial charge >= 0.3 is 0 Å². The minimum Gasteiger partial charge on any atom is -0.373 e. The molecule has 3 aliphatic rings. The molecule has 7 nitrogen and oxygen atoms in total. The Bertz CT molecular complexity index is 766. The summed E-state index contributed by atoms with van der Waals surface area (Å²) in [6.45, 7) is 0.691. The second kappa shape index (κ2) is 7.87. The topological polar surface area (TPSA) is 105 Å². The number of likely N-dealkylation sites (tertiary alicyclic amines) is 1. The predicted molar refractivity (Wildman–Crippen MR) is 112 cm³/mol. The molecule has 4 N–H and O–H groups in total. The van der Waals surface area contributed by atoms with Gasteiger partial charge in [0.1, 0.15) is 11.5 Å². The van der Waals surface area contributed by atoms with E-state index in [9.17, 15) is 14.4 Å². The fraction of sp³-hybridized carbons (Fsp3) is 0.526. The lowest BCUT2D eigenvalue weighted by atomic mass is 9.78. The molecule has 1 aromatic carbocycles. The quantitative estimate of drug-likeness (QED) is 0.633. The van der Waals surface area contributed by atoms with E-state index in [0.29, 0.717) is 6.42 Å². The third-order valence-corrected chi connectivity index (χ3v) is 8.35. The third-order valence-electron chi connectivity index (χ3n) is 5.60. The van der Waals surface area contributed by atoms with Crippen LogP contribution in [0.25, 0.3) is 0 Å². The fourth-order valence-corrected chi connectivity index (χ4v) is 6.45. The van der Waals surface area contributed by atoms with E-state index < -0.39 is 11.3 Å². The van der Waals surface area contributed by atoms with Crippen molar-refractivity contribution >= 4 is 46.9 Å². The number of rotatable bonds is 5. The number of carbonyl (C=O) groups excluding carboxylic acids is 3. The van der Waals surface area contributed by atoms with Gasteiger partial charge in [0.15, 0.2) is 0 Å². The van der Waals surface area contributed by atoms with Crippen LogP contribution in [0.5, 0.6) is 0 Å². The molecule has 3 aliphatic heterocycles. The molecule has 3 amide bonds. The van der Waals surface area contributed by atoms with Gasteiger partial charge in [-0.1, -0.05) is 18.2 Å². The van der Waals surface area contributed by atoms with Crippen LogP contribution >= 0.6 is 23.5 Å². The van der Waals surface area contributed by atoms with Crippen LogP contribution in [0.4, 0.5) is 5.69 Å². The minimum absolute atomic E-state index is 0.0290. The molecule has 9 heteroatoms. The van der Waals surface area contributed by atoms with Crippen LogP contribution in [0.1, 0.15) is 5.56 Å². The van der Waals surface area contributed by atoms with Crippen molar-refractivity contribution in [2.75, 3.05) is 42.2 Å². The number of hydrogen-bond acceptors (Lipinski definition) is 6. The van der Waals surface area contributed by atoms with Crippen LogP contribution in [0.2, 0.25) is 0 Å². The van der Waals surface area contributed by atoms with Crippen molar-refractivity contribution < 1.29 is 14.4 Å². The molecule has 28 heavy (non-hydrogen) atoms. The van der Waals surface area contributed by atoms with Crippen molar-refractivity contribution in [3.8, 4) is 0 Å². The number of anilines is 1. The van der Waals surface area contributed by atoms with Crippen molar-refractivity contribution in [2.24, 2.45) is 11.1 Å². The van der Waals surface area contributed by atoms with E-state index in [4.69, 9.17) is 5.73 Å². The van der Waals surface area contributed by atoms with Gasteiger partial charge in [0.2, 0.25) is 17.7 Å². The highest BCUT2D eigenvalue weighted by molar-refractivity contribution is 8.07. The first-order valence-corrected chi connectivity index (χ1v) is 11.6. The Hall–Kier alpha value is -1.87. The summed E-state index contributed by atoms with van der Waals surface area (Å²) in [6, 6.07) is 7.56. The largest absolute Gasteiger partial charge is 0.373 e. The first-order chi connectivity index (χ1) is 13.5. The lowest BCUT2D eigenvalue weighted by Gasteiger charge is -2.48. The summed E-state index contributed by atoms with van der Waals surface area (Å²) in [5, 5.41) is 6.06. The number of fused-ring (bicyclic) bond motifs is 1. The second-order valence-electron chi connectivity index (χ2n) is 7.55. The first kappa shape index (κ1) is 19.4. The predicted octanol–water partition coefficient (Wildman–Crippen LogP) is 0.302. The van der Waals surface area contributed by atoms with Crippen LogP contribution in [0.3, 0.4) is 0 Å². The minimum atomic E-state index is -0.872. The molecule has 0 bridgehead atoms. The summed E-state index contributed by atoms with van der Waals surface area (Å²) < 4.78 is 0. The van der Waals surface area contributed by atoms with Crippen LogP contribution in [0.15, 0.2) is 24.3 Å². The lowest BCUT2D eigenvalue weighted by molar-refractivity contribution is -0.152. The highest BCUT2D eigenvalue weighted by Gasteiger charge is 2.51. The van der Waals surface area contributed by atoms with E-state index in [2.05, 4.69) is 10.6 Å². The summed E-state index contributed by atoms with van der Waals surface area (Å²) in [7, 11) is 0. The number of thioether (sulfide) groups is 2. The summed E-state index contributed by atoms with van der Waals surface area (Å²) in [5.74, 6) is 2.27. The molecule has 150 valence electrons. The molecule has 2 atom stereocenters. The van der Waals surface area contributed by atoms with Gasteiger partial charge in [-0.3, -0.25) is 14.4 Å². The summed E-state index contributed by atoms with van der Waals surface area (Å²) >= 11 is 3.42. The van der Waals surface area contributed by atoms with Gasteiger partial charge < -0.3 is 21.3 Å². The van der Waals surface area contributed by atoms with Gasteiger partial charge in [-0.25, -0.2) is 0 Å². The van der Waals surface area contributed by atoms with Gasteiger partial charge in [-0.2, -0.15) is 11.8 Å². The number of benzene rings is 1. The first-order valence-electron chi connectivity index (χ1n) is 9.39. The van der Waals surface area contributed by atoms with Crippen molar-refractivity contribution in [3.63, 3.8) is 0 Å². The Morgan fingerprint density at radius 2 is 2.04 bits per heavy atom. The number of nitrogens with zero attached hydrogens (tertiary/aromatic N) is 1. The summed E-state index contributed by atoms with van der Waals surface area (Å²) in [6.07, 6.45) is 0.641. The maximum atomic E-state index is 12.8. The number of nitrogens with two attached hydrogens (primary N) is 1. The van der Waals surface area contributed by atoms with E-state index in [1.165, 1.54) is 0 Å². The molecule has 2 saturated heterocycles. The standard InChI is InChI=1S/C19H24N4O3S2/c20-18(26)19(9-21-16(24)15-8-27-5-6-28-15)10-23(11-19)17(25)14-7-12-3-1-2-4-13(12)22-14/h1-4,14-15,22H,5-11H2,(H2,20,26)(H,21,24)/t14-,15?/m1/s1. The van der Waals surface area contributed by atoms with Crippen LogP contribution in [-0.2, 0) is 20.8 Å². The Labute approximate surface area is 172 Å². The normalized spacial score (nSPS) is 25.2. The average Bonchev–Trinajstić information content (AvgIpc) is 3.11. The molecule has 1 unspecified atom stereocenters. The van der Waals surface area contributed by atoms with Crippen molar-refractivity contribution in [2.45, 2.75) is 17.7 Å². The van der Waals surface area contributed by atoms with Crippen molar-refractivity contribution in [1.82, 2.24) is 10.2 Å². The molecule has 0 spiro atoms. The SMILES string of the molecule is NC(=O)C1(CNC(=O)C2CSCCS2)CN(C(=O)[C@H]2Cc3ccccc3N2)C1. The molecule has 3 heterocycles. The fourth-order valence-electron chi connectivity index (χ4n) is 3.87. The second-order valence-corrected chi connectivity index (χ2v) is 10.0. The zero-order chi connectivity index (χ0) is 19.7. The molecule has 0 aromatic heterocycles. The maximum Gasteiger partial charge on any atom is 0.245 e. The number of nitrogens with one attached hydrogen (secondary N) is 2. The van der Waals surface area contributed by atoms with E-state index in [1.807, 2.05) is 24.3 Å². The van der Waals surface area contributed by atoms with Crippen LogP contribution < -0.4 is 16.4 Å². The molecule has 0 saturated carbocycles. The molecule has 0 aliphatic carbocycles. The Balaban J connectivity index is 1.32. The molecule has 2 fully saturated rings. The molecule has 0 radical (unpaired) electrons. The number of amides is 3. The highest BCUT2D eigenvalue weighted by Crippen LogP contribution is 2.33. The average molecular weight is 421 g/mol. The highest BCUT2D eigenvalue weighted by atomic mass is 32.2. The molecular weight excluding hydrogens is 396 g/mol. The number of para-hydroxylation sites is 1. The summed E-state index contributed by atoms with van der Waals surface area (Å²) in [4.78, 5) is 38.9. The zero-order valence-electron chi connectivity index (χ0n) is 15.5.